The van der Waals surface area contributed by atoms with E-state index in [0.717, 1.165) is 57.2 Å². The zero-order chi connectivity index (χ0) is 22.2. The molecule has 2 aromatic rings. The Kier molecular flexibility index (Phi) is 8.71. The maximum absolute atomic E-state index is 10.3. The molecule has 0 spiro atoms. The van der Waals surface area contributed by atoms with E-state index in [2.05, 4.69) is 34.9 Å². The van der Waals surface area contributed by atoms with Gasteiger partial charge in [-0.2, -0.15) is 5.10 Å². The van der Waals surface area contributed by atoms with Crippen LogP contribution >= 0.6 is 0 Å². The lowest BCUT2D eigenvalue weighted by Gasteiger charge is -2.28. The third kappa shape index (κ3) is 7.21. The molecule has 172 valence electrons. The summed E-state index contributed by atoms with van der Waals surface area (Å²) in [5.74, 6) is 1.33. The highest BCUT2D eigenvalue weighted by molar-refractivity contribution is 5.43. The van der Waals surface area contributed by atoms with Crippen LogP contribution in [0.15, 0.2) is 24.3 Å². The van der Waals surface area contributed by atoms with E-state index in [1.165, 1.54) is 5.69 Å². The predicted molar refractivity (Wildman–Crippen MR) is 120 cm³/mol. The maximum Gasteiger partial charge on any atom is 0.161 e. The van der Waals surface area contributed by atoms with Crippen molar-refractivity contribution in [3.8, 4) is 11.5 Å². The molecule has 0 radical (unpaired) electrons. The van der Waals surface area contributed by atoms with E-state index in [1.54, 1.807) is 7.11 Å². The van der Waals surface area contributed by atoms with Gasteiger partial charge in [-0.05, 0) is 44.7 Å². The first-order valence-corrected chi connectivity index (χ1v) is 10.9. The fourth-order valence-electron chi connectivity index (χ4n) is 3.81. The summed E-state index contributed by atoms with van der Waals surface area (Å²) in [5, 5.41) is 14.8. The highest BCUT2D eigenvalue weighted by atomic mass is 16.5. The third-order valence-corrected chi connectivity index (χ3v) is 5.48. The molecule has 1 aromatic heterocycles. The fraction of sp³-hybridized carbons (Fsp3) is 0.609. The zero-order valence-corrected chi connectivity index (χ0v) is 19.2. The summed E-state index contributed by atoms with van der Waals surface area (Å²) in [5.41, 5.74) is 3.38. The van der Waals surface area contributed by atoms with Crippen molar-refractivity contribution in [3.05, 3.63) is 41.2 Å². The van der Waals surface area contributed by atoms with E-state index in [9.17, 15) is 5.11 Å². The van der Waals surface area contributed by atoms with Crippen LogP contribution in [0.4, 0.5) is 0 Å². The molecule has 8 heteroatoms. The Morgan fingerprint density at radius 3 is 2.65 bits per heavy atom. The van der Waals surface area contributed by atoms with Crippen LogP contribution in [0, 0.1) is 13.8 Å². The van der Waals surface area contributed by atoms with Gasteiger partial charge in [-0.15, -0.1) is 0 Å². The largest absolute Gasteiger partial charge is 0.493 e. The van der Waals surface area contributed by atoms with Crippen LogP contribution in [-0.4, -0.2) is 90.9 Å². The zero-order valence-electron chi connectivity index (χ0n) is 19.2. The maximum atomic E-state index is 10.3. The molecular weight excluding hydrogens is 396 g/mol. The van der Waals surface area contributed by atoms with Crippen LogP contribution in [-0.2, 0) is 17.8 Å². The number of aromatic nitrogens is 2. The number of hydrogen-bond acceptors (Lipinski definition) is 7. The molecule has 0 bridgehead atoms. The molecule has 0 saturated carbocycles. The minimum absolute atomic E-state index is 0.232. The van der Waals surface area contributed by atoms with Crippen LogP contribution < -0.4 is 9.47 Å². The van der Waals surface area contributed by atoms with E-state index >= 15 is 0 Å². The highest BCUT2D eigenvalue weighted by Gasteiger charge is 2.16. The minimum Gasteiger partial charge on any atom is -0.493 e. The van der Waals surface area contributed by atoms with E-state index in [-0.39, 0.29) is 6.61 Å². The lowest BCUT2D eigenvalue weighted by Crippen LogP contribution is -2.42. The number of aryl methyl sites for hydroxylation is 2. The second kappa shape index (κ2) is 11.5. The average molecular weight is 433 g/mol. The molecule has 0 aliphatic carbocycles. The lowest BCUT2D eigenvalue weighted by atomic mass is 10.2. The number of ether oxygens (including phenoxy) is 3. The summed E-state index contributed by atoms with van der Waals surface area (Å²) in [4.78, 5) is 4.46. The SMILES string of the molecule is COc1cc(CN(C)CCn2nc(C)cc2C)ccc1OC[C@@H](O)CN1CCOCC1. The van der Waals surface area contributed by atoms with Gasteiger partial charge in [0.15, 0.2) is 11.5 Å². The number of methoxy groups -OCH3 is 1. The fourth-order valence-corrected chi connectivity index (χ4v) is 3.81. The number of nitrogens with zero attached hydrogens (tertiary/aromatic N) is 4. The molecule has 1 aliphatic heterocycles. The molecule has 31 heavy (non-hydrogen) atoms. The summed E-state index contributed by atoms with van der Waals surface area (Å²) in [6.45, 7) is 10.6. The van der Waals surface area contributed by atoms with Crippen LogP contribution in [0.5, 0.6) is 11.5 Å². The van der Waals surface area contributed by atoms with E-state index in [0.29, 0.717) is 18.0 Å². The third-order valence-electron chi connectivity index (χ3n) is 5.48. The van der Waals surface area contributed by atoms with Gasteiger partial charge in [0.05, 0.1) is 32.6 Å². The number of likely N-dealkylation sites (N-methyl/N-ethyl adjacent to an activating group) is 1. The van der Waals surface area contributed by atoms with Gasteiger partial charge >= 0.3 is 0 Å². The van der Waals surface area contributed by atoms with Crippen LogP contribution in [0.25, 0.3) is 0 Å². The number of aliphatic hydroxyl groups is 1. The number of β-amino-alcohol motifs (C(OH)–C–C–N with tert-alkyl or cyclic N) is 1. The van der Waals surface area contributed by atoms with Gasteiger partial charge in [0.25, 0.3) is 0 Å². The summed E-state index contributed by atoms with van der Waals surface area (Å²) < 4.78 is 18.8. The Hall–Kier alpha value is -2.13. The summed E-state index contributed by atoms with van der Waals surface area (Å²) in [6.07, 6.45) is -0.553. The van der Waals surface area contributed by atoms with Crippen LogP contribution in [0.1, 0.15) is 17.0 Å². The lowest BCUT2D eigenvalue weighted by molar-refractivity contribution is 0.00445. The minimum atomic E-state index is -0.553. The molecule has 1 saturated heterocycles. The van der Waals surface area contributed by atoms with Gasteiger partial charge in [0.2, 0.25) is 0 Å². The van der Waals surface area contributed by atoms with Crippen molar-refractivity contribution in [2.45, 2.75) is 33.0 Å². The molecule has 1 aliphatic rings. The van der Waals surface area contributed by atoms with Gasteiger partial charge < -0.3 is 24.2 Å². The number of benzene rings is 1. The van der Waals surface area contributed by atoms with Gasteiger partial charge in [-0.1, -0.05) is 6.07 Å². The van der Waals surface area contributed by atoms with Crippen LogP contribution in [0.2, 0.25) is 0 Å². The van der Waals surface area contributed by atoms with Crippen molar-refractivity contribution in [1.29, 1.82) is 0 Å². The molecule has 3 rings (SSSR count). The van der Waals surface area contributed by atoms with E-state index < -0.39 is 6.10 Å². The molecule has 0 amide bonds. The monoisotopic (exact) mass is 432 g/mol. The summed E-state index contributed by atoms with van der Waals surface area (Å²) >= 11 is 0. The normalized spacial score (nSPS) is 15.9. The molecule has 8 nitrogen and oxygen atoms in total. The predicted octanol–water partition coefficient (Wildman–Crippen LogP) is 1.71. The van der Waals surface area contributed by atoms with Crippen molar-refractivity contribution in [1.82, 2.24) is 19.6 Å². The van der Waals surface area contributed by atoms with Gasteiger partial charge in [0.1, 0.15) is 12.7 Å². The second-order valence-corrected chi connectivity index (χ2v) is 8.25. The Morgan fingerprint density at radius 1 is 1.19 bits per heavy atom. The van der Waals surface area contributed by atoms with Crippen molar-refractivity contribution in [2.75, 3.05) is 60.2 Å². The Labute approximate surface area is 185 Å². The second-order valence-electron chi connectivity index (χ2n) is 8.25. The Balaban J connectivity index is 1.48. The first kappa shape index (κ1) is 23.5. The highest BCUT2D eigenvalue weighted by Crippen LogP contribution is 2.28. The summed E-state index contributed by atoms with van der Waals surface area (Å²) in [7, 11) is 3.74. The van der Waals surface area contributed by atoms with E-state index in [1.807, 2.05) is 29.8 Å². The van der Waals surface area contributed by atoms with Crippen molar-refractivity contribution >= 4 is 0 Å². The first-order valence-electron chi connectivity index (χ1n) is 10.9. The number of hydrogen-bond donors (Lipinski definition) is 1. The summed E-state index contributed by atoms with van der Waals surface area (Å²) in [6, 6.07) is 8.07. The van der Waals surface area contributed by atoms with Crippen LogP contribution in [0.3, 0.4) is 0 Å². The standard InChI is InChI=1S/C23H36N4O4/c1-18-13-19(2)27(24-18)8-7-25(3)15-20-5-6-22(23(14-20)29-4)31-17-21(28)16-26-9-11-30-12-10-26/h5-6,13-14,21,28H,7-12,15-17H2,1-4H3/t21-/m0/s1. The molecule has 2 heterocycles. The molecule has 1 N–H and O–H groups in total. The van der Waals surface area contributed by atoms with Crippen molar-refractivity contribution < 1.29 is 19.3 Å². The molecular formula is C23H36N4O4. The first-order chi connectivity index (χ1) is 14.9. The number of rotatable bonds is 11. The number of aliphatic hydroxyl groups excluding tert-OH is 1. The van der Waals surface area contributed by atoms with Crippen molar-refractivity contribution in [2.24, 2.45) is 0 Å². The van der Waals surface area contributed by atoms with Gasteiger partial charge in [-0.25, -0.2) is 0 Å². The van der Waals surface area contributed by atoms with Gasteiger partial charge in [-0.3, -0.25) is 9.58 Å². The molecule has 1 atom stereocenters. The average Bonchev–Trinajstić information content (AvgIpc) is 3.08. The Morgan fingerprint density at radius 2 is 1.97 bits per heavy atom. The quantitative estimate of drug-likeness (QED) is 0.580. The number of morpholine rings is 1. The molecule has 1 fully saturated rings. The topological polar surface area (TPSA) is 72.2 Å². The molecule has 0 unspecified atom stereocenters. The smallest absolute Gasteiger partial charge is 0.161 e. The Bertz CT molecular complexity index is 820. The van der Waals surface area contributed by atoms with Gasteiger partial charge in [0, 0.05) is 38.4 Å². The van der Waals surface area contributed by atoms with Crippen molar-refractivity contribution in [3.63, 3.8) is 0 Å². The van der Waals surface area contributed by atoms with E-state index in [4.69, 9.17) is 14.2 Å². The molecule has 1 aromatic carbocycles.